The number of aryl methyl sites for hydroxylation is 2. The van der Waals surface area contributed by atoms with Crippen LogP contribution >= 0.6 is 0 Å². The van der Waals surface area contributed by atoms with Gasteiger partial charge >= 0.3 is 0 Å². The molecule has 1 fully saturated rings. The van der Waals surface area contributed by atoms with Crippen LogP contribution < -0.4 is 15.2 Å². The van der Waals surface area contributed by atoms with Crippen molar-refractivity contribution in [1.82, 2.24) is 4.90 Å². The summed E-state index contributed by atoms with van der Waals surface area (Å²) in [6, 6.07) is 31.4. The molecule has 2 N–H and O–H groups in total. The normalized spacial score (nSPS) is 12.2. The Morgan fingerprint density at radius 1 is 0.860 bits per heavy atom. The Bertz CT molecular complexity index is 1460. The molecule has 1 aliphatic carbocycles. The van der Waals surface area contributed by atoms with Crippen molar-refractivity contribution in [2.24, 2.45) is 5.73 Å². The fraction of sp³-hybridized carbons (Fsp3) is 0.342. The van der Waals surface area contributed by atoms with Crippen molar-refractivity contribution in [3.05, 3.63) is 120 Å². The molecular weight excluding hydrogens is 532 g/mol. The Hall–Kier alpha value is -4.25. The predicted molar refractivity (Wildman–Crippen MR) is 178 cm³/mol. The minimum Gasteiger partial charge on any atom is -0.494 e. The van der Waals surface area contributed by atoms with Gasteiger partial charge < -0.3 is 20.1 Å². The number of nitrogens with zero attached hydrogens (tertiary/aromatic N) is 1. The summed E-state index contributed by atoms with van der Waals surface area (Å²) >= 11 is 0. The van der Waals surface area contributed by atoms with Gasteiger partial charge in [-0.15, -0.1) is 0 Å². The summed E-state index contributed by atoms with van der Waals surface area (Å²) in [7, 11) is 0. The van der Waals surface area contributed by atoms with Crippen molar-refractivity contribution < 1.29 is 14.3 Å². The molecule has 1 amide bonds. The quantitative estimate of drug-likeness (QED) is 0.154. The van der Waals surface area contributed by atoms with Crippen LogP contribution in [0.25, 0.3) is 10.8 Å². The van der Waals surface area contributed by atoms with Gasteiger partial charge in [0.2, 0.25) is 5.91 Å². The molecular formula is C38H46N2O3. The zero-order valence-corrected chi connectivity index (χ0v) is 25.8. The van der Waals surface area contributed by atoms with Crippen LogP contribution in [0.2, 0.25) is 0 Å². The Morgan fingerprint density at radius 2 is 1.60 bits per heavy atom. The van der Waals surface area contributed by atoms with Crippen molar-refractivity contribution in [2.45, 2.75) is 64.8 Å². The van der Waals surface area contributed by atoms with Crippen LogP contribution in [0.3, 0.4) is 0 Å². The van der Waals surface area contributed by atoms with Crippen molar-refractivity contribution >= 4 is 16.7 Å². The van der Waals surface area contributed by atoms with Crippen LogP contribution in [0.4, 0.5) is 0 Å². The molecule has 0 aliphatic heterocycles. The van der Waals surface area contributed by atoms with Gasteiger partial charge in [0.15, 0.2) is 0 Å². The Morgan fingerprint density at radius 3 is 2.30 bits per heavy atom. The van der Waals surface area contributed by atoms with E-state index in [2.05, 4.69) is 73.9 Å². The largest absolute Gasteiger partial charge is 0.494 e. The monoisotopic (exact) mass is 578 g/mol. The number of hydrogen-bond donors (Lipinski definition) is 1. The van der Waals surface area contributed by atoms with Crippen LogP contribution in [0, 0.1) is 6.92 Å². The maximum absolute atomic E-state index is 12.8. The smallest absolute Gasteiger partial charge is 0.223 e. The fourth-order valence-electron chi connectivity index (χ4n) is 4.93. The second kappa shape index (κ2) is 16.4. The second-order valence-corrected chi connectivity index (χ2v) is 11.4. The third kappa shape index (κ3) is 10.8. The van der Waals surface area contributed by atoms with E-state index in [4.69, 9.17) is 15.2 Å². The minimum atomic E-state index is 0.290. The summed E-state index contributed by atoms with van der Waals surface area (Å²) in [4.78, 5) is 14.9. The minimum absolute atomic E-state index is 0.290. The lowest BCUT2D eigenvalue weighted by Gasteiger charge is -2.23. The lowest BCUT2D eigenvalue weighted by atomic mass is 10.1. The molecule has 5 heteroatoms. The first-order valence-corrected chi connectivity index (χ1v) is 15.5. The number of unbranched alkanes of at least 4 members (excludes halogenated alkanes) is 1. The summed E-state index contributed by atoms with van der Waals surface area (Å²) in [6.45, 7) is 9.83. The number of fused-ring (bicyclic) bond motifs is 1. The predicted octanol–water partition coefficient (Wildman–Crippen LogP) is 8.03. The van der Waals surface area contributed by atoms with Crippen LogP contribution in [0.1, 0.15) is 55.7 Å². The van der Waals surface area contributed by atoms with E-state index in [-0.39, 0.29) is 0 Å². The third-order valence-electron chi connectivity index (χ3n) is 7.49. The maximum Gasteiger partial charge on any atom is 0.223 e. The van der Waals surface area contributed by atoms with Crippen LogP contribution in [0.5, 0.6) is 11.5 Å². The summed E-state index contributed by atoms with van der Waals surface area (Å²) in [5.41, 5.74) is 9.76. The molecule has 0 atom stereocenters. The third-order valence-corrected chi connectivity index (χ3v) is 7.49. The average molecular weight is 579 g/mol. The van der Waals surface area contributed by atoms with E-state index in [0.717, 1.165) is 68.6 Å². The van der Waals surface area contributed by atoms with Crippen molar-refractivity contribution in [3.63, 3.8) is 0 Å². The number of benzene rings is 4. The van der Waals surface area contributed by atoms with Gasteiger partial charge in [-0.1, -0.05) is 92.2 Å². The van der Waals surface area contributed by atoms with Crippen molar-refractivity contribution in [2.75, 3.05) is 19.8 Å². The summed E-state index contributed by atoms with van der Waals surface area (Å²) in [5, 5.41) is 2.37. The van der Waals surface area contributed by atoms with Gasteiger partial charge in [-0.3, -0.25) is 4.79 Å². The Balaban J connectivity index is 0.000000237. The lowest BCUT2D eigenvalue weighted by molar-refractivity contribution is -0.131. The molecule has 0 spiro atoms. The molecule has 43 heavy (non-hydrogen) atoms. The molecule has 1 aliphatic rings. The zero-order chi connectivity index (χ0) is 30.4. The Labute approximate surface area is 257 Å². The molecule has 5 rings (SSSR count). The highest BCUT2D eigenvalue weighted by Gasteiger charge is 2.31. The van der Waals surface area contributed by atoms with Gasteiger partial charge in [0.25, 0.3) is 0 Å². The van der Waals surface area contributed by atoms with Crippen molar-refractivity contribution in [1.29, 1.82) is 0 Å². The molecule has 5 nitrogen and oxygen atoms in total. The molecule has 0 aromatic heterocycles. The first-order valence-electron chi connectivity index (χ1n) is 15.5. The molecule has 4 aromatic rings. The molecule has 0 unspecified atom stereocenters. The number of rotatable bonds is 14. The van der Waals surface area contributed by atoms with Gasteiger partial charge in [-0.25, -0.2) is 0 Å². The number of carbonyl (C=O) groups is 1. The number of nitrogens with two attached hydrogens (primary N) is 1. The van der Waals surface area contributed by atoms with E-state index in [0.29, 0.717) is 30.7 Å². The van der Waals surface area contributed by atoms with E-state index in [1.807, 2.05) is 42.5 Å². The second-order valence-electron chi connectivity index (χ2n) is 11.4. The molecule has 0 radical (unpaired) electrons. The van der Waals surface area contributed by atoms with E-state index < -0.39 is 0 Å². The molecule has 4 aromatic carbocycles. The molecule has 0 saturated heterocycles. The topological polar surface area (TPSA) is 64.8 Å². The van der Waals surface area contributed by atoms with Gasteiger partial charge in [0.05, 0.1) is 6.61 Å². The molecule has 226 valence electrons. The van der Waals surface area contributed by atoms with Crippen LogP contribution in [-0.4, -0.2) is 36.6 Å². The number of carbonyl (C=O) groups excluding carboxylic acids is 1. The van der Waals surface area contributed by atoms with E-state index in [1.165, 1.54) is 22.1 Å². The Kier molecular flexibility index (Phi) is 12.1. The SMILES string of the molecule is C=C(N)COc1ccc2ccccc2c1.CCCCOc1ccc(CCC(=O)N(CCc2cccc(C)c2)C2CC2)cc1. The van der Waals surface area contributed by atoms with Gasteiger partial charge in [-0.05, 0) is 85.2 Å². The van der Waals surface area contributed by atoms with Crippen LogP contribution in [0.15, 0.2) is 103 Å². The van der Waals surface area contributed by atoms with E-state index >= 15 is 0 Å². The summed E-state index contributed by atoms with van der Waals surface area (Å²) in [5.74, 6) is 2.03. The lowest BCUT2D eigenvalue weighted by Crippen LogP contribution is -2.35. The maximum atomic E-state index is 12.8. The summed E-state index contributed by atoms with van der Waals surface area (Å²) in [6.07, 6.45) is 6.85. The molecule has 1 saturated carbocycles. The van der Waals surface area contributed by atoms with Gasteiger partial charge in [0.1, 0.15) is 18.1 Å². The summed E-state index contributed by atoms with van der Waals surface area (Å²) < 4.78 is 11.2. The van der Waals surface area contributed by atoms with E-state index in [9.17, 15) is 4.79 Å². The van der Waals surface area contributed by atoms with Crippen molar-refractivity contribution in [3.8, 4) is 11.5 Å². The fourth-order valence-corrected chi connectivity index (χ4v) is 4.93. The zero-order valence-electron chi connectivity index (χ0n) is 25.8. The highest BCUT2D eigenvalue weighted by molar-refractivity contribution is 5.83. The standard InChI is InChI=1S/C25H33NO2.C13H13NO/c1-3-4-18-28-24-13-8-21(9-14-24)10-15-25(27)26(23-11-12-23)17-16-22-7-5-6-20(2)19-22;1-10(14)9-15-13-7-6-11-4-2-3-5-12(11)8-13/h5-9,13-14,19,23H,3-4,10-12,15-18H2,1-2H3;2-8H,1,9,14H2. The van der Waals surface area contributed by atoms with E-state index in [1.54, 1.807) is 0 Å². The highest BCUT2D eigenvalue weighted by atomic mass is 16.5. The average Bonchev–Trinajstić information content (AvgIpc) is 3.86. The van der Waals surface area contributed by atoms with Gasteiger partial charge in [0, 0.05) is 24.7 Å². The molecule has 0 bridgehead atoms. The first-order chi connectivity index (χ1) is 20.9. The number of amides is 1. The highest BCUT2D eigenvalue weighted by Crippen LogP contribution is 2.28. The van der Waals surface area contributed by atoms with Gasteiger partial charge in [-0.2, -0.15) is 0 Å². The first kappa shape index (κ1) is 31.7. The number of ether oxygens (including phenoxy) is 2. The molecule has 0 heterocycles. The van der Waals surface area contributed by atoms with Crippen LogP contribution in [-0.2, 0) is 17.6 Å². The number of hydrogen-bond acceptors (Lipinski definition) is 4.